The molecule has 1 amide bonds. The molecule has 0 unspecified atom stereocenters. The number of pyridine rings is 1. The molecule has 6 nitrogen and oxygen atoms in total. The van der Waals surface area contributed by atoms with Crippen LogP contribution in [0.25, 0.3) is 21.7 Å². The van der Waals surface area contributed by atoms with E-state index in [2.05, 4.69) is 21.3 Å². The second kappa shape index (κ2) is 9.98. The van der Waals surface area contributed by atoms with Gasteiger partial charge in [-0.15, -0.1) is 0 Å². The number of morpholine rings is 1. The van der Waals surface area contributed by atoms with E-state index in [1.165, 1.54) is 0 Å². The molecular weight excluding hydrogens is 414 g/mol. The molecule has 168 valence electrons. The molecule has 0 saturated carbocycles. The van der Waals surface area contributed by atoms with Crippen molar-refractivity contribution >= 4 is 27.6 Å². The second-order valence-corrected chi connectivity index (χ2v) is 8.18. The van der Waals surface area contributed by atoms with Gasteiger partial charge >= 0.3 is 0 Å². The van der Waals surface area contributed by atoms with Gasteiger partial charge in [0.05, 0.1) is 24.3 Å². The summed E-state index contributed by atoms with van der Waals surface area (Å²) in [5.41, 5.74) is 2.29. The van der Waals surface area contributed by atoms with Gasteiger partial charge in [-0.05, 0) is 40.6 Å². The molecule has 1 N–H and O–H groups in total. The van der Waals surface area contributed by atoms with Crippen LogP contribution in [0, 0.1) is 0 Å². The van der Waals surface area contributed by atoms with Gasteiger partial charge < -0.3 is 14.8 Å². The first-order valence-electron chi connectivity index (χ1n) is 11.3. The van der Waals surface area contributed by atoms with Crippen molar-refractivity contribution in [3.63, 3.8) is 0 Å². The molecule has 0 aliphatic carbocycles. The van der Waals surface area contributed by atoms with Crippen molar-refractivity contribution in [3.8, 4) is 5.75 Å². The summed E-state index contributed by atoms with van der Waals surface area (Å²) in [6.07, 6.45) is 1.73. The van der Waals surface area contributed by atoms with Crippen LogP contribution >= 0.6 is 0 Å². The van der Waals surface area contributed by atoms with Crippen LogP contribution in [0.5, 0.6) is 5.75 Å². The van der Waals surface area contributed by atoms with Crippen molar-refractivity contribution in [2.24, 2.45) is 0 Å². The van der Waals surface area contributed by atoms with E-state index in [0.717, 1.165) is 60.3 Å². The summed E-state index contributed by atoms with van der Waals surface area (Å²) in [7, 11) is 0. The number of aromatic nitrogens is 1. The molecule has 1 saturated heterocycles. The highest BCUT2D eigenvalue weighted by molar-refractivity contribution is 6.15. The van der Waals surface area contributed by atoms with E-state index in [4.69, 9.17) is 9.47 Å². The summed E-state index contributed by atoms with van der Waals surface area (Å²) in [5.74, 6) is 0.677. The number of carbonyl (C=O) groups is 1. The highest BCUT2D eigenvalue weighted by Gasteiger charge is 2.14. The minimum absolute atomic E-state index is 0.136. The summed E-state index contributed by atoms with van der Waals surface area (Å²) in [4.78, 5) is 20.0. The van der Waals surface area contributed by atoms with Crippen LogP contribution in [-0.4, -0.2) is 55.2 Å². The topological polar surface area (TPSA) is 63.7 Å². The van der Waals surface area contributed by atoms with Crippen LogP contribution in [0.3, 0.4) is 0 Å². The van der Waals surface area contributed by atoms with Crippen molar-refractivity contribution in [3.05, 3.63) is 84.1 Å². The number of hydrogen-bond acceptors (Lipinski definition) is 5. The third-order valence-corrected chi connectivity index (χ3v) is 5.99. The van der Waals surface area contributed by atoms with Crippen LogP contribution < -0.4 is 10.1 Å². The number of hydrogen-bond donors (Lipinski definition) is 1. The quantitative estimate of drug-likeness (QED) is 0.439. The van der Waals surface area contributed by atoms with E-state index in [-0.39, 0.29) is 5.91 Å². The molecule has 0 bridgehead atoms. The van der Waals surface area contributed by atoms with Gasteiger partial charge in [-0.2, -0.15) is 0 Å². The molecule has 0 spiro atoms. The van der Waals surface area contributed by atoms with Gasteiger partial charge in [0, 0.05) is 37.8 Å². The highest BCUT2D eigenvalue weighted by atomic mass is 16.5. The maximum absolute atomic E-state index is 13.1. The zero-order chi connectivity index (χ0) is 22.5. The van der Waals surface area contributed by atoms with Crippen LogP contribution in [0.15, 0.2) is 72.9 Å². The number of nitrogens with zero attached hydrogens (tertiary/aromatic N) is 2. The van der Waals surface area contributed by atoms with Crippen molar-refractivity contribution < 1.29 is 14.3 Å². The lowest BCUT2D eigenvalue weighted by Gasteiger charge is -2.26. The Kier molecular flexibility index (Phi) is 6.46. The fraction of sp³-hybridized carbons (Fsp3) is 0.259. The van der Waals surface area contributed by atoms with Gasteiger partial charge in [0.1, 0.15) is 12.4 Å². The number of benzene rings is 3. The monoisotopic (exact) mass is 441 g/mol. The third kappa shape index (κ3) is 4.97. The maximum atomic E-state index is 13.1. The van der Waals surface area contributed by atoms with E-state index < -0.39 is 0 Å². The summed E-state index contributed by atoms with van der Waals surface area (Å²) < 4.78 is 11.3. The molecule has 2 heterocycles. The number of carbonyl (C=O) groups excluding carboxylic acids is 1. The second-order valence-electron chi connectivity index (χ2n) is 8.18. The normalized spacial score (nSPS) is 14.4. The number of rotatable bonds is 7. The number of ether oxygens (including phenoxy) is 2. The predicted octanol–water partition coefficient (Wildman–Crippen LogP) is 4.03. The Bertz CT molecular complexity index is 1270. The van der Waals surface area contributed by atoms with Crippen LogP contribution in [0.4, 0.5) is 0 Å². The predicted molar refractivity (Wildman–Crippen MR) is 130 cm³/mol. The van der Waals surface area contributed by atoms with Gasteiger partial charge in [-0.25, -0.2) is 0 Å². The summed E-state index contributed by atoms with van der Waals surface area (Å²) in [6, 6.07) is 21.8. The largest absolute Gasteiger partial charge is 0.492 e. The van der Waals surface area contributed by atoms with E-state index >= 15 is 0 Å². The molecule has 5 rings (SSSR count). The summed E-state index contributed by atoms with van der Waals surface area (Å²) in [5, 5.41) is 6.16. The lowest BCUT2D eigenvalue weighted by molar-refractivity contribution is 0.0322. The molecule has 4 aromatic rings. The number of amides is 1. The zero-order valence-corrected chi connectivity index (χ0v) is 18.5. The van der Waals surface area contributed by atoms with Crippen molar-refractivity contribution in [1.29, 1.82) is 0 Å². The van der Waals surface area contributed by atoms with Gasteiger partial charge in [0.15, 0.2) is 0 Å². The lowest BCUT2D eigenvalue weighted by atomic mass is 10.0. The van der Waals surface area contributed by atoms with Gasteiger partial charge in [-0.3, -0.25) is 14.7 Å². The molecule has 1 aromatic heterocycles. The first-order valence-corrected chi connectivity index (χ1v) is 11.3. The third-order valence-electron chi connectivity index (χ3n) is 5.99. The van der Waals surface area contributed by atoms with Crippen LogP contribution in [-0.2, 0) is 11.3 Å². The summed E-state index contributed by atoms with van der Waals surface area (Å²) in [6.45, 7) is 5.41. The first kappa shape index (κ1) is 21.4. The Labute approximate surface area is 193 Å². The maximum Gasteiger partial charge on any atom is 0.253 e. The molecule has 3 aromatic carbocycles. The Balaban J connectivity index is 1.25. The molecule has 1 aliphatic rings. The van der Waals surface area contributed by atoms with E-state index in [1.807, 2.05) is 60.7 Å². The zero-order valence-electron chi connectivity index (χ0n) is 18.5. The average Bonchev–Trinajstić information content (AvgIpc) is 2.88. The summed E-state index contributed by atoms with van der Waals surface area (Å²) >= 11 is 0. The smallest absolute Gasteiger partial charge is 0.253 e. The van der Waals surface area contributed by atoms with E-state index in [1.54, 1.807) is 6.20 Å². The standard InChI is InChI=1S/C27H27N3O3/c31-27(25-18-21-6-1-2-8-23(21)24-9-4-10-28-26(24)25)29-19-20-5-3-7-22(17-20)33-16-13-30-11-14-32-15-12-30/h1-10,17-18H,11-16,19H2,(H,29,31). The average molecular weight is 442 g/mol. The Morgan fingerprint density at radius 1 is 1.00 bits per heavy atom. The fourth-order valence-electron chi connectivity index (χ4n) is 4.24. The van der Waals surface area contributed by atoms with Crippen molar-refractivity contribution in [2.75, 3.05) is 39.5 Å². The van der Waals surface area contributed by atoms with Crippen molar-refractivity contribution in [2.45, 2.75) is 6.54 Å². The number of fused-ring (bicyclic) bond motifs is 3. The number of nitrogens with one attached hydrogen (secondary N) is 1. The molecule has 1 aliphatic heterocycles. The van der Waals surface area contributed by atoms with E-state index in [0.29, 0.717) is 24.2 Å². The Morgan fingerprint density at radius 2 is 1.85 bits per heavy atom. The molecule has 0 radical (unpaired) electrons. The van der Waals surface area contributed by atoms with Gasteiger partial charge in [-0.1, -0.05) is 42.5 Å². The highest BCUT2D eigenvalue weighted by Crippen LogP contribution is 2.27. The minimum Gasteiger partial charge on any atom is -0.492 e. The van der Waals surface area contributed by atoms with Crippen LogP contribution in [0.1, 0.15) is 15.9 Å². The fourth-order valence-corrected chi connectivity index (χ4v) is 4.24. The molecule has 6 heteroatoms. The SMILES string of the molecule is O=C(NCc1cccc(OCCN2CCOCC2)c1)c1cc2ccccc2c2cccnc12. The first-order chi connectivity index (χ1) is 16.3. The Morgan fingerprint density at radius 3 is 2.76 bits per heavy atom. The van der Waals surface area contributed by atoms with Gasteiger partial charge in [0.25, 0.3) is 5.91 Å². The molecular formula is C27H27N3O3. The molecule has 1 fully saturated rings. The van der Waals surface area contributed by atoms with Crippen molar-refractivity contribution in [1.82, 2.24) is 15.2 Å². The Hall–Kier alpha value is -3.48. The molecule has 33 heavy (non-hydrogen) atoms. The van der Waals surface area contributed by atoms with E-state index in [9.17, 15) is 4.79 Å². The molecule has 0 atom stereocenters. The minimum atomic E-state index is -0.136. The van der Waals surface area contributed by atoms with Gasteiger partial charge in [0.2, 0.25) is 0 Å². The lowest BCUT2D eigenvalue weighted by Crippen LogP contribution is -2.38. The van der Waals surface area contributed by atoms with Crippen LogP contribution in [0.2, 0.25) is 0 Å².